The summed E-state index contributed by atoms with van der Waals surface area (Å²) < 4.78 is 0. The molecule has 2 atom stereocenters. The number of hydroxylamine groups is 2. The predicted molar refractivity (Wildman–Crippen MR) is 99.4 cm³/mol. The van der Waals surface area contributed by atoms with Crippen molar-refractivity contribution in [2.75, 3.05) is 19.6 Å². The fraction of sp³-hybridized carbons (Fsp3) is 0.842. The molecule has 0 aromatic heterocycles. The number of nitrogens with one attached hydrogen (secondary N) is 1. The summed E-state index contributed by atoms with van der Waals surface area (Å²) in [6, 6.07) is -0.624. The highest BCUT2D eigenvalue weighted by Gasteiger charge is 2.37. The van der Waals surface area contributed by atoms with Crippen molar-refractivity contribution in [3.05, 3.63) is 0 Å². The highest BCUT2D eigenvalue weighted by molar-refractivity contribution is 5.89. The lowest BCUT2D eigenvalue weighted by molar-refractivity contribution is -0.155. The molecule has 1 saturated heterocycles. The summed E-state index contributed by atoms with van der Waals surface area (Å²) in [6.45, 7) is 9.22. The summed E-state index contributed by atoms with van der Waals surface area (Å²) in [5, 5.41) is 12.9. The molecule has 26 heavy (non-hydrogen) atoms. The van der Waals surface area contributed by atoms with Crippen LogP contribution in [0.15, 0.2) is 0 Å². The number of hydrogen-bond acceptors (Lipinski definition) is 4. The van der Waals surface area contributed by atoms with Crippen LogP contribution in [-0.2, 0) is 14.4 Å². The lowest BCUT2D eigenvalue weighted by atomic mass is 9.84. The molecule has 2 N–H and O–H groups in total. The zero-order chi connectivity index (χ0) is 19.7. The van der Waals surface area contributed by atoms with Gasteiger partial charge >= 0.3 is 0 Å². The molecule has 7 heteroatoms. The van der Waals surface area contributed by atoms with Gasteiger partial charge in [-0.15, -0.1) is 0 Å². The second-order valence-electron chi connectivity index (χ2n) is 8.26. The van der Waals surface area contributed by atoms with Crippen LogP contribution in [0.25, 0.3) is 0 Å². The molecule has 0 aromatic rings. The maximum absolute atomic E-state index is 13.0. The second-order valence-corrected chi connectivity index (χ2v) is 8.26. The first-order valence-corrected chi connectivity index (χ1v) is 9.70. The number of likely N-dealkylation sites (tertiary alicyclic amines) is 1. The average Bonchev–Trinajstić information content (AvgIpc) is 2.61. The fourth-order valence-electron chi connectivity index (χ4n) is 3.23. The maximum Gasteiger partial charge on any atom is 0.245 e. The Morgan fingerprint density at radius 1 is 1.23 bits per heavy atom. The summed E-state index contributed by atoms with van der Waals surface area (Å²) in [7, 11) is 0. The summed E-state index contributed by atoms with van der Waals surface area (Å²) >= 11 is 0. The van der Waals surface area contributed by atoms with Crippen molar-refractivity contribution in [3.63, 3.8) is 0 Å². The van der Waals surface area contributed by atoms with Crippen LogP contribution in [0.5, 0.6) is 0 Å². The van der Waals surface area contributed by atoms with E-state index in [-0.39, 0.29) is 18.4 Å². The van der Waals surface area contributed by atoms with Gasteiger partial charge < -0.3 is 10.2 Å². The molecule has 1 heterocycles. The van der Waals surface area contributed by atoms with E-state index in [1.807, 2.05) is 32.6 Å². The standard InChI is InChI=1S/C19H35N3O4/c1-5-6-10-15(13-22(26)14-23)17(24)20-16(19(2,3)4)18(25)21-11-8-7-9-12-21/h14-16,26H,5-13H2,1-4H3,(H,20,24)/t15-,16?/m1/s1. The number of rotatable bonds is 9. The molecule has 1 rings (SSSR count). The second kappa shape index (κ2) is 10.5. The molecule has 0 radical (unpaired) electrons. The van der Waals surface area contributed by atoms with Gasteiger partial charge in [0.15, 0.2) is 0 Å². The molecule has 1 fully saturated rings. The Bertz CT molecular complexity index is 470. The minimum Gasteiger partial charge on any atom is -0.344 e. The Hall–Kier alpha value is -1.63. The molecule has 1 aliphatic heterocycles. The number of nitrogens with zero attached hydrogens (tertiary/aromatic N) is 2. The molecule has 0 bridgehead atoms. The number of unbranched alkanes of at least 4 members (excludes halogenated alkanes) is 1. The van der Waals surface area contributed by atoms with E-state index in [0.29, 0.717) is 17.9 Å². The monoisotopic (exact) mass is 369 g/mol. The molecular weight excluding hydrogens is 334 g/mol. The highest BCUT2D eigenvalue weighted by Crippen LogP contribution is 2.24. The van der Waals surface area contributed by atoms with Crippen molar-refractivity contribution in [2.45, 2.75) is 72.3 Å². The first kappa shape index (κ1) is 22.4. The van der Waals surface area contributed by atoms with E-state index in [1.165, 1.54) is 0 Å². The third-order valence-corrected chi connectivity index (χ3v) is 4.87. The Morgan fingerprint density at radius 2 is 1.85 bits per heavy atom. The lowest BCUT2D eigenvalue weighted by Gasteiger charge is -2.37. The molecule has 0 saturated carbocycles. The number of piperidine rings is 1. The van der Waals surface area contributed by atoms with E-state index in [2.05, 4.69) is 5.32 Å². The SMILES string of the molecule is CCCC[C@H](CN(O)C=O)C(=O)NC(C(=O)N1CCCCC1)C(C)(C)C. The van der Waals surface area contributed by atoms with Crippen LogP contribution >= 0.6 is 0 Å². The van der Waals surface area contributed by atoms with E-state index < -0.39 is 17.4 Å². The smallest absolute Gasteiger partial charge is 0.245 e. The molecule has 7 nitrogen and oxygen atoms in total. The zero-order valence-electron chi connectivity index (χ0n) is 16.7. The number of carbonyl (C=O) groups is 3. The van der Waals surface area contributed by atoms with E-state index in [4.69, 9.17) is 0 Å². The van der Waals surface area contributed by atoms with Crippen molar-refractivity contribution in [3.8, 4) is 0 Å². The fourth-order valence-corrected chi connectivity index (χ4v) is 3.23. The van der Waals surface area contributed by atoms with E-state index in [0.717, 1.165) is 45.2 Å². The summed E-state index contributed by atoms with van der Waals surface area (Å²) in [5.74, 6) is -0.871. The van der Waals surface area contributed by atoms with Gasteiger partial charge in [0, 0.05) is 13.1 Å². The van der Waals surface area contributed by atoms with Gasteiger partial charge in [-0.3, -0.25) is 19.6 Å². The van der Waals surface area contributed by atoms with Crippen LogP contribution in [0.2, 0.25) is 0 Å². The topological polar surface area (TPSA) is 90.0 Å². The predicted octanol–water partition coefficient (Wildman–Crippen LogP) is 2.18. The number of hydrogen-bond donors (Lipinski definition) is 2. The van der Waals surface area contributed by atoms with Crippen molar-refractivity contribution >= 4 is 18.2 Å². The van der Waals surface area contributed by atoms with Gasteiger partial charge in [-0.05, 0) is 31.1 Å². The van der Waals surface area contributed by atoms with Crippen molar-refractivity contribution in [1.29, 1.82) is 0 Å². The highest BCUT2D eigenvalue weighted by atomic mass is 16.5. The third-order valence-electron chi connectivity index (χ3n) is 4.87. The zero-order valence-corrected chi connectivity index (χ0v) is 16.7. The van der Waals surface area contributed by atoms with Crippen LogP contribution in [-0.4, -0.2) is 59.1 Å². The van der Waals surface area contributed by atoms with Crippen LogP contribution in [0, 0.1) is 11.3 Å². The number of carbonyl (C=O) groups excluding carboxylic acids is 3. The summed E-state index contributed by atoms with van der Waals surface area (Å²) in [4.78, 5) is 38.4. The van der Waals surface area contributed by atoms with Gasteiger partial charge in [0.2, 0.25) is 18.2 Å². The van der Waals surface area contributed by atoms with Crippen LogP contribution < -0.4 is 5.32 Å². The quantitative estimate of drug-likeness (QED) is 0.370. The van der Waals surface area contributed by atoms with Gasteiger partial charge in [0.05, 0.1) is 12.5 Å². The lowest BCUT2D eigenvalue weighted by Crippen LogP contribution is -2.57. The average molecular weight is 370 g/mol. The van der Waals surface area contributed by atoms with Gasteiger partial charge in [-0.1, -0.05) is 40.5 Å². The molecule has 3 amide bonds. The number of amides is 3. The van der Waals surface area contributed by atoms with E-state index in [9.17, 15) is 19.6 Å². The van der Waals surface area contributed by atoms with Crippen LogP contribution in [0.4, 0.5) is 0 Å². The normalized spacial score (nSPS) is 17.3. The molecule has 1 unspecified atom stereocenters. The Kier molecular flexibility index (Phi) is 9.05. The first-order chi connectivity index (χ1) is 12.2. The van der Waals surface area contributed by atoms with Crippen molar-refractivity contribution < 1.29 is 19.6 Å². The Morgan fingerprint density at radius 3 is 2.35 bits per heavy atom. The van der Waals surface area contributed by atoms with Crippen molar-refractivity contribution in [1.82, 2.24) is 15.3 Å². The molecule has 0 aliphatic carbocycles. The Labute approximate surface area is 157 Å². The minimum atomic E-state index is -0.624. The van der Waals surface area contributed by atoms with Gasteiger partial charge in [-0.2, -0.15) is 0 Å². The van der Waals surface area contributed by atoms with Crippen LogP contribution in [0.1, 0.15) is 66.2 Å². The van der Waals surface area contributed by atoms with Crippen molar-refractivity contribution in [2.24, 2.45) is 11.3 Å². The van der Waals surface area contributed by atoms with Gasteiger partial charge in [-0.25, -0.2) is 5.06 Å². The van der Waals surface area contributed by atoms with E-state index in [1.54, 1.807) is 0 Å². The molecule has 1 aliphatic rings. The molecule has 0 spiro atoms. The van der Waals surface area contributed by atoms with Crippen LogP contribution in [0.3, 0.4) is 0 Å². The van der Waals surface area contributed by atoms with Gasteiger partial charge in [0.1, 0.15) is 6.04 Å². The third kappa shape index (κ3) is 6.94. The molecule has 0 aromatic carbocycles. The Balaban J connectivity index is 2.87. The molecular formula is C19H35N3O4. The van der Waals surface area contributed by atoms with E-state index >= 15 is 0 Å². The largest absolute Gasteiger partial charge is 0.344 e. The minimum absolute atomic E-state index is 0.0453. The maximum atomic E-state index is 13.0. The van der Waals surface area contributed by atoms with Gasteiger partial charge in [0.25, 0.3) is 0 Å². The first-order valence-electron chi connectivity index (χ1n) is 9.70. The summed E-state index contributed by atoms with van der Waals surface area (Å²) in [5.41, 5.74) is -0.428. The molecule has 150 valence electrons. The summed E-state index contributed by atoms with van der Waals surface area (Å²) in [6.07, 6.45) is 5.70.